The minimum atomic E-state index is -0.830. The minimum Gasteiger partial charge on any atom is -0.386 e. The summed E-state index contributed by atoms with van der Waals surface area (Å²) in [7, 11) is 1.70. The zero-order valence-corrected chi connectivity index (χ0v) is 9.27. The lowest BCUT2D eigenvalue weighted by molar-refractivity contribution is 0.168. The van der Waals surface area contributed by atoms with E-state index in [-0.39, 0.29) is 6.42 Å². The van der Waals surface area contributed by atoms with Crippen molar-refractivity contribution in [3.63, 3.8) is 0 Å². The number of hydrogen-bond acceptors (Lipinski definition) is 2. The number of aryl methyl sites for hydroxylation is 1. The molecule has 0 bridgehead atoms. The first kappa shape index (κ1) is 11.7. The fourth-order valence-corrected chi connectivity index (χ4v) is 1.77. The van der Waals surface area contributed by atoms with Crippen LogP contribution in [0.1, 0.15) is 17.4 Å². The number of nitrogens with zero attached hydrogens (tertiary/aromatic N) is 2. The first-order valence-electron chi connectivity index (χ1n) is 5.17. The predicted molar refractivity (Wildman–Crippen MR) is 58.2 cm³/mol. The number of aliphatic hydroxyl groups is 1. The van der Waals surface area contributed by atoms with Gasteiger partial charge in [0.2, 0.25) is 0 Å². The third-order valence-electron chi connectivity index (χ3n) is 2.55. The van der Waals surface area contributed by atoms with Crippen LogP contribution >= 0.6 is 0 Å². The molecule has 90 valence electrons. The summed E-state index contributed by atoms with van der Waals surface area (Å²) < 4.78 is 27.5. The minimum absolute atomic E-state index is 0.147. The Morgan fingerprint density at radius 2 is 1.94 bits per heavy atom. The molecule has 0 aliphatic heterocycles. The molecule has 5 heteroatoms. The molecule has 1 atom stereocenters. The van der Waals surface area contributed by atoms with Gasteiger partial charge < -0.3 is 5.11 Å². The molecule has 2 rings (SSSR count). The molecule has 1 N–H and O–H groups in total. The molecule has 2 aromatic rings. The number of aliphatic hydroxyl groups excluding tert-OH is 1. The van der Waals surface area contributed by atoms with Crippen molar-refractivity contribution in [3.05, 3.63) is 53.4 Å². The van der Waals surface area contributed by atoms with E-state index in [0.29, 0.717) is 11.3 Å². The molecule has 0 aliphatic carbocycles. The van der Waals surface area contributed by atoms with E-state index in [1.807, 2.05) is 0 Å². The highest BCUT2D eigenvalue weighted by molar-refractivity contribution is 5.20. The van der Waals surface area contributed by atoms with Crippen LogP contribution in [0.3, 0.4) is 0 Å². The molecule has 0 aliphatic rings. The molecule has 17 heavy (non-hydrogen) atoms. The average Bonchev–Trinajstić information content (AvgIpc) is 2.62. The number of benzene rings is 1. The average molecular weight is 238 g/mol. The monoisotopic (exact) mass is 238 g/mol. The lowest BCUT2D eigenvalue weighted by Crippen LogP contribution is -2.08. The topological polar surface area (TPSA) is 38.0 Å². The van der Waals surface area contributed by atoms with Crippen molar-refractivity contribution >= 4 is 0 Å². The lowest BCUT2D eigenvalue weighted by Gasteiger charge is -2.11. The van der Waals surface area contributed by atoms with Gasteiger partial charge in [-0.3, -0.25) is 4.68 Å². The molecule has 1 heterocycles. The number of aromatic nitrogens is 2. The summed E-state index contributed by atoms with van der Waals surface area (Å²) in [5.74, 6) is -1.28. The highest BCUT2D eigenvalue weighted by Crippen LogP contribution is 2.18. The largest absolute Gasteiger partial charge is 0.386 e. The second-order valence-corrected chi connectivity index (χ2v) is 3.88. The highest BCUT2D eigenvalue weighted by Gasteiger charge is 2.13. The quantitative estimate of drug-likeness (QED) is 0.887. The summed E-state index contributed by atoms with van der Waals surface area (Å²) in [6, 6.07) is 4.89. The van der Waals surface area contributed by atoms with Crippen LogP contribution in [0, 0.1) is 11.6 Å². The van der Waals surface area contributed by atoms with Crippen LogP contribution in [-0.4, -0.2) is 14.9 Å². The molecular formula is C12H12F2N2O. The van der Waals surface area contributed by atoms with Crippen molar-refractivity contribution in [3.8, 4) is 0 Å². The summed E-state index contributed by atoms with van der Waals surface area (Å²) in [6.45, 7) is 0. The van der Waals surface area contributed by atoms with Gasteiger partial charge >= 0.3 is 0 Å². The van der Waals surface area contributed by atoms with E-state index in [9.17, 15) is 13.9 Å². The Hall–Kier alpha value is -1.75. The maximum absolute atomic E-state index is 13.0. The number of halogens is 2. The molecule has 3 nitrogen and oxygen atoms in total. The van der Waals surface area contributed by atoms with Gasteiger partial charge in [-0.05, 0) is 23.8 Å². The second kappa shape index (κ2) is 4.63. The summed E-state index contributed by atoms with van der Waals surface area (Å²) in [5, 5.41) is 13.8. The van der Waals surface area contributed by atoms with Crippen LogP contribution in [0.2, 0.25) is 0 Å². The normalized spacial score (nSPS) is 12.7. The van der Waals surface area contributed by atoms with Gasteiger partial charge in [-0.25, -0.2) is 8.78 Å². The van der Waals surface area contributed by atoms with E-state index in [0.717, 1.165) is 6.07 Å². The fraction of sp³-hybridized carbons (Fsp3) is 0.250. The van der Waals surface area contributed by atoms with Crippen molar-refractivity contribution in [2.75, 3.05) is 0 Å². The first-order valence-corrected chi connectivity index (χ1v) is 5.17. The van der Waals surface area contributed by atoms with Crippen molar-refractivity contribution in [1.29, 1.82) is 0 Å². The van der Waals surface area contributed by atoms with Crippen molar-refractivity contribution < 1.29 is 13.9 Å². The molecule has 0 amide bonds. The predicted octanol–water partition coefficient (Wildman–Crippen LogP) is 1.97. The van der Waals surface area contributed by atoms with Crippen LogP contribution < -0.4 is 0 Å². The van der Waals surface area contributed by atoms with Gasteiger partial charge in [0.05, 0.1) is 11.8 Å². The van der Waals surface area contributed by atoms with Gasteiger partial charge in [0.15, 0.2) is 0 Å². The molecule has 0 spiro atoms. The Balaban J connectivity index is 2.18. The fourth-order valence-electron chi connectivity index (χ4n) is 1.77. The van der Waals surface area contributed by atoms with Crippen LogP contribution in [0.5, 0.6) is 0 Å². The Morgan fingerprint density at radius 1 is 1.29 bits per heavy atom. The molecular weight excluding hydrogens is 226 g/mol. The summed E-state index contributed by atoms with van der Waals surface area (Å²) in [6.07, 6.45) is 0.877. The van der Waals surface area contributed by atoms with Crippen LogP contribution in [0.25, 0.3) is 0 Å². The van der Waals surface area contributed by atoms with Crippen molar-refractivity contribution in [2.45, 2.75) is 12.5 Å². The van der Waals surface area contributed by atoms with Gasteiger partial charge in [0.1, 0.15) is 11.6 Å². The van der Waals surface area contributed by atoms with Crippen LogP contribution in [0.4, 0.5) is 8.78 Å². The summed E-state index contributed by atoms with van der Waals surface area (Å²) >= 11 is 0. The van der Waals surface area contributed by atoms with E-state index in [4.69, 9.17) is 0 Å². The molecule has 1 aromatic heterocycles. The Labute approximate surface area is 97.3 Å². The number of rotatable bonds is 3. The summed E-state index contributed by atoms with van der Waals surface area (Å²) in [5.41, 5.74) is 1.02. The third kappa shape index (κ3) is 2.68. The second-order valence-electron chi connectivity index (χ2n) is 3.88. The van der Waals surface area contributed by atoms with E-state index in [1.165, 1.54) is 16.8 Å². The summed E-state index contributed by atoms with van der Waals surface area (Å²) in [4.78, 5) is 0. The number of hydrogen-bond donors (Lipinski definition) is 1. The van der Waals surface area contributed by atoms with Gasteiger partial charge in [0, 0.05) is 25.7 Å². The smallest absolute Gasteiger partial charge is 0.126 e. The Bertz CT molecular complexity index is 505. The van der Waals surface area contributed by atoms with Crippen LogP contribution in [-0.2, 0) is 13.5 Å². The third-order valence-corrected chi connectivity index (χ3v) is 2.55. The zero-order valence-electron chi connectivity index (χ0n) is 9.27. The Morgan fingerprint density at radius 3 is 2.47 bits per heavy atom. The molecule has 0 saturated carbocycles. The van der Waals surface area contributed by atoms with Gasteiger partial charge in [-0.1, -0.05) is 0 Å². The zero-order chi connectivity index (χ0) is 12.4. The lowest BCUT2D eigenvalue weighted by atomic mass is 10.1. The molecule has 0 fully saturated rings. The molecule has 0 radical (unpaired) electrons. The first-order chi connectivity index (χ1) is 8.06. The standard InChI is InChI=1S/C12H12F2N2O/c1-16-11(2-3-15-16)12(17)6-8-4-9(13)7-10(14)5-8/h2-5,7,12,17H,6H2,1H3. The maximum atomic E-state index is 13.0. The molecule has 1 unspecified atom stereocenters. The van der Waals surface area contributed by atoms with Gasteiger partial charge in [-0.15, -0.1) is 0 Å². The molecule has 0 saturated heterocycles. The molecule has 1 aromatic carbocycles. The SMILES string of the molecule is Cn1nccc1C(O)Cc1cc(F)cc(F)c1. The van der Waals surface area contributed by atoms with E-state index >= 15 is 0 Å². The van der Waals surface area contributed by atoms with Gasteiger partial charge in [-0.2, -0.15) is 5.10 Å². The van der Waals surface area contributed by atoms with E-state index in [2.05, 4.69) is 5.10 Å². The van der Waals surface area contributed by atoms with Crippen LogP contribution in [0.15, 0.2) is 30.5 Å². The van der Waals surface area contributed by atoms with E-state index in [1.54, 1.807) is 19.3 Å². The maximum Gasteiger partial charge on any atom is 0.126 e. The Kier molecular flexibility index (Phi) is 3.19. The van der Waals surface area contributed by atoms with E-state index < -0.39 is 17.7 Å². The highest BCUT2D eigenvalue weighted by atomic mass is 19.1. The van der Waals surface area contributed by atoms with Gasteiger partial charge in [0.25, 0.3) is 0 Å². The van der Waals surface area contributed by atoms with Crippen molar-refractivity contribution in [2.24, 2.45) is 7.05 Å². The van der Waals surface area contributed by atoms with Crippen molar-refractivity contribution in [1.82, 2.24) is 9.78 Å².